The predicted molar refractivity (Wildman–Crippen MR) is 74.7 cm³/mol. The Kier molecular flexibility index (Phi) is 5.30. The Bertz CT molecular complexity index is 448. The average molecular weight is 329 g/mol. The highest BCUT2D eigenvalue weighted by atomic mass is 79.9. The highest BCUT2D eigenvalue weighted by Gasteiger charge is 2.17. The van der Waals surface area contributed by atoms with E-state index in [0.717, 1.165) is 30.3 Å². The lowest BCUT2D eigenvalue weighted by Gasteiger charge is -2.11. The topological polar surface area (TPSA) is 71.5 Å². The molecule has 0 spiro atoms. The Morgan fingerprint density at radius 1 is 1.63 bits per heavy atom. The number of aliphatic hydroxyl groups is 1. The Balaban J connectivity index is 1.87. The zero-order valence-corrected chi connectivity index (χ0v) is 12.1. The first kappa shape index (κ1) is 14.4. The summed E-state index contributed by atoms with van der Waals surface area (Å²) in [5.41, 5.74) is 0.597. The molecule has 6 heteroatoms. The van der Waals surface area contributed by atoms with Crippen molar-refractivity contribution in [1.82, 2.24) is 4.98 Å². The third-order valence-corrected chi connectivity index (χ3v) is 3.51. The van der Waals surface area contributed by atoms with E-state index in [4.69, 9.17) is 4.74 Å². The zero-order chi connectivity index (χ0) is 13.7. The number of aliphatic hydroxyl groups excluding tert-OH is 1. The largest absolute Gasteiger partial charge is 0.392 e. The van der Waals surface area contributed by atoms with Crippen LogP contribution in [0.4, 0.5) is 5.82 Å². The molecular formula is C13H17BrN2O3. The van der Waals surface area contributed by atoms with E-state index in [1.54, 1.807) is 12.3 Å². The van der Waals surface area contributed by atoms with Gasteiger partial charge >= 0.3 is 0 Å². The highest BCUT2D eigenvalue weighted by Crippen LogP contribution is 2.20. The van der Waals surface area contributed by atoms with Crippen molar-refractivity contribution in [2.75, 3.05) is 11.9 Å². The zero-order valence-electron chi connectivity index (χ0n) is 10.6. The van der Waals surface area contributed by atoms with Crippen LogP contribution in [0.1, 0.15) is 31.2 Å². The Labute approximate surface area is 120 Å². The second-order valence-electron chi connectivity index (χ2n) is 4.54. The van der Waals surface area contributed by atoms with Crippen molar-refractivity contribution < 1.29 is 14.6 Å². The molecule has 1 aliphatic heterocycles. The standard InChI is InChI=1S/C13H17BrN2O3/c14-10-6-9(8-17)13(15-7-10)16-12(18)4-3-11-2-1-5-19-11/h6-7,11,17H,1-5,8H2,(H,15,16,18). The van der Waals surface area contributed by atoms with Crippen LogP contribution in [0.25, 0.3) is 0 Å². The third kappa shape index (κ3) is 4.26. The van der Waals surface area contributed by atoms with E-state index in [2.05, 4.69) is 26.2 Å². The van der Waals surface area contributed by atoms with Gasteiger partial charge in [0.15, 0.2) is 0 Å². The van der Waals surface area contributed by atoms with Crippen molar-refractivity contribution in [2.24, 2.45) is 0 Å². The van der Waals surface area contributed by atoms with Crippen LogP contribution in [0.2, 0.25) is 0 Å². The lowest BCUT2D eigenvalue weighted by molar-refractivity contribution is -0.116. The van der Waals surface area contributed by atoms with Crippen LogP contribution in [0.15, 0.2) is 16.7 Å². The van der Waals surface area contributed by atoms with Crippen LogP contribution < -0.4 is 5.32 Å². The van der Waals surface area contributed by atoms with E-state index in [1.165, 1.54) is 0 Å². The fourth-order valence-electron chi connectivity index (χ4n) is 2.07. The van der Waals surface area contributed by atoms with Crippen LogP contribution in [-0.2, 0) is 16.1 Å². The molecule has 1 atom stereocenters. The molecule has 0 bridgehead atoms. The van der Waals surface area contributed by atoms with Crippen LogP contribution in [0, 0.1) is 0 Å². The fourth-order valence-corrected chi connectivity index (χ4v) is 2.45. The van der Waals surface area contributed by atoms with Crippen molar-refractivity contribution in [3.63, 3.8) is 0 Å². The third-order valence-electron chi connectivity index (χ3n) is 3.08. The number of ether oxygens (including phenoxy) is 1. The van der Waals surface area contributed by atoms with Crippen molar-refractivity contribution in [3.8, 4) is 0 Å². The number of hydrogen-bond donors (Lipinski definition) is 2. The number of carbonyl (C=O) groups excluding carboxylic acids is 1. The summed E-state index contributed by atoms with van der Waals surface area (Å²) in [6.45, 7) is 0.642. The van der Waals surface area contributed by atoms with Crippen molar-refractivity contribution >= 4 is 27.7 Å². The Morgan fingerprint density at radius 2 is 2.47 bits per heavy atom. The predicted octanol–water partition coefficient (Wildman–Crippen LogP) is 2.23. The van der Waals surface area contributed by atoms with Gasteiger partial charge in [0.1, 0.15) is 5.82 Å². The molecule has 1 unspecified atom stereocenters. The molecule has 104 valence electrons. The Hall–Kier alpha value is -0.980. The van der Waals surface area contributed by atoms with E-state index in [-0.39, 0.29) is 18.6 Å². The number of hydrogen-bond acceptors (Lipinski definition) is 4. The van der Waals surface area contributed by atoms with Gasteiger partial charge in [0.05, 0.1) is 12.7 Å². The minimum atomic E-state index is -0.159. The second kappa shape index (κ2) is 6.98. The number of halogens is 1. The first-order valence-corrected chi connectivity index (χ1v) is 7.15. The van der Waals surface area contributed by atoms with Gasteiger partial charge in [-0.15, -0.1) is 0 Å². The van der Waals surface area contributed by atoms with E-state index < -0.39 is 0 Å². The number of carbonyl (C=O) groups is 1. The molecule has 19 heavy (non-hydrogen) atoms. The van der Waals surface area contributed by atoms with Gasteiger partial charge in [-0.05, 0) is 41.3 Å². The second-order valence-corrected chi connectivity index (χ2v) is 5.46. The molecule has 1 aliphatic rings. The summed E-state index contributed by atoms with van der Waals surface area (Å²) in [5, 5.41) is 12.0. The maximum Gasteiger partial charge on any atom is 0.225 e. The summed E-state index contributed by atoms with van der Waals surface area (Å²) < 4.78 is 6.24. The first-order chi connectivity index (χ1) is 9.19. The number of anilines is 1. The highest BCUT2D eigenvalue weighted by molar-refractivity contribution is 9.10. The maximum atomic E-state index is 11.8. The molecule has 0 aromatic carbocycles. The van der Waals surface area contributed by atoms with Crippen LogP contribution in [-0.4, -0.2) is 28.7 Å². The Morgan fingerprint density at radius 3 is 3.16 bits per heavy atom. The number of amides is 1. The fraction of sp³-hybridized carbons (Fsp3) is 0.538. The van der Waals surface area contributed by atoms with E-state index in [9.17, 15) is 9.90 Å². The molecule has 0 radical (unpaired) electrons. The average Bonchev–Trinajstić information content (AvgIpc) is 2.91. The van der Waals surface area contributed by atoms with Crippen LogP contribution >= 0.6 is 15.9 Å². The quantitative estimate of drug-likeness (QED) is 0.869. The van der Waals surface area contributed by atoms with Gasteiger partial charge in [0.25, 0.3) is 0 Å². The SMILES string of the molecule is O=C(CCC1CCCO1)Nc1ncc(Br)cc1CO. The van der Waals surface area contributed by atoms with Gasteiger partial charge in [0.2, 0.25) is 5.91 Å². The molecule has 1 aromatic rings. The molecule has 2 N–H and O–H groups in total. The molecule has 1 aromatic heterocycles. The lowest BCUT2D eigenvalue weighted by atomic mass is 10.1. The summed E-state index contributed by atoms with van der Waals surface area (Å²) in [6.07, 6.45) is 5.06. The number of nitrogens with one attached hydrogen (secondary N) is 1. The van der Waals surface area contributed by atoms with Gasteiger partial charge in [0, 0.05) is 29.3 Å². The number of rotatable bonds is 5. The lowest BCUT2D eigenvalue weighted by Crippen LogP contribution is -2.17. The number of pyridine rings is 1. The van der Waals surface area contributed by atoms with Gasteiger partial charge in [-0.2, -0.15) is 0 Å². The molecule has 0 aliphatic carbocycles. The van der Waals surface area contributed by atoms with E-state index in [0.29, 0.717) is 17.8 Å². The van der Waals surface area contributed by atoms with Crippen LogP contribution in [0.5, 0.6) is 0 Å². The van der Waals surface area contributed by atoms with Gasteiger partial charge in [-0.3, -0.25) is 4.79 Å². The molecule has 2 rings (SSSR count). The number of aromatic nitrogens is 1. The van der Waals surface area contributed by atoms with Crippen LogP contribution in [0.3, 0.4) is 0 Å². The maximum absolute atomic E-state index is 11.8. The minimum Gasteiger partial charge on any atom is -0.392 e. The van der Waals surface area contributed by atoms with E-state index >= 15 is 0 Å². The van der Waals surface area contributed by atoms with Gasteiger partial charge < -0.3 is 15.2 Å². The summed E-state index contributed by atoms with van der Waals surface area (Å²) in [7, 11) is 0. The summed E-state index contributed by atoms with van der Waals surface area (Å²) >= 11 is 3.28. The van der Waals surface area contributed by atoms with Crippen molar-refractivity contribution in [2.45, 2.75) is 38.4 Å². The monoisotopic (exact) mass is 328 g/mol. The van der Waals surface area contributed by atoms with Crippen molar-refractivity contribution in [3.05, 3.63) is 22.3 Å². The summed E-state index contributed by atoms with van der Waals surface area (Å²) in [5.74, 6) is 0.322. The summed E-state index contributed by atoms with van der Waals surface area (Å²) in [6, 6.07) is 1.74. The normalized spacial score (nSPS) is 18.5. The minimum absolute atomic E-state index is 0.0972. The van der Waals surface area contributed by atoms with Gasteiger partial charge in [-0.25, -0.2) is 4.98 Å². The molecular weight excluding hydrogens is 312 g/mol. The molecule has 1 saturated heterocycles. The van der Waals surface area contributed by atoms with Crippen molar-refractivity contribution in [1.29, 1.82) is 0 Å². The molecule has 1 amide bonds. The number of nitrogens with zero attached hydrogens (tertiary/aromatic N) is 1. The van der Waals surface area contributed by atoms with Gasteiger partial charge in [-0.1, -0.05) is 0 Å². The molecule has 0 saturated carbocycles. The first-order valence-electron chi connectivity index (χ1n) is 6.36. The molecule has 1 fully saturated rings. The van der Waals surface area contributed by atoms with E-state index in [1.807, 2.05) is 0 Å². The smallest absolute Gasteiger partial charge is 0.225 e. The summed E-state index contributed by atoms with van der Waals surface area (Å²) in [4.78, 5) is 15.9. The molecule has 2 heterocycles. The molecule has 5 nitrogen and oxygen atoms in total.